The van der Waals surface area contributed by atoms with E-state index in [9.17, 15) is 4.79 Å². The second-order valence-corrected chi connectivity index (χ2v) is 6.89. The molecule has 1 amide bonds. The molecule has 2 aromatic heterocycles. The van der Waals surface area contributed by atoms with Crippen LogP contribution in [-0.2, 0) is 11.3 Å². The predicted molar refractivity (Wildman–Crippen MR) is 112 cm³/mol. The maximum Gasteiger partial charge on any atom is 0.244 e. The number of carbonyl (C=O) groups is 1. The number of halogens is 2. The summed E-state index contributed by atoms with van der Waals surface area (Å²) in [7, 11) is 0. The van der Waals surface area contributed by atoms with Gasteiger partial charge in [0, 0.05) is 62.9 Å². The lowest BCUT2D eigenvalue weighted by molar-refractivity contribution is -0.132. The molecule has 0 radical (unpaired) electrons. The van der Waals surface area contributed by atoms with Gasteiger partial charge in [-0.1, -0.05) is 0 Å². The number of nitrogens with zero attached hydrogens (tertiary/aromatic N) is 6. The number of hydrogen-bond donors (Lipinski definition) is 1. The van der Waals surface area contributed by atoms with Gasteiger partial charge in [-0.2, -0.15) is 5.10 Å². The molecule has 0 aliphatic carbocycles. The number of carbonyl (C=O) groups excluding carboxylic acids is 1. The molecule has 1 unspecified atom stereocenters. The van der Waals surface area contributed by atoms with Gasteiger partial charge in [0.05, 0.1) is 6.20 Å². The zero-order valence-corrected chi connectivity index (χ0v) is 17.4. The summed E-state index contributed by atoms with van der Waals surface area (Å²) >= 11 is 0. The van der Waals surface area contributed by atoms with Crippen LogP contribution >= 0.6 is 24.8 Å². The van der Waals surface area contributed by atoms with Crippen molar-refractivity contribution in [1.29, 1.82) is 0 Å². The first kappa shape index (κ1) is 22.4. The molecule has 2 aliphatic rings. The largest absolute Gasteiger partial charge is 0.352 e. The maximum absolute atomic E-state index is 12.7. The zero-order valence-electron chi connectivity index (χ0n) is 15.7. The maximum atomic E-state index is 12.7. The summed E-state index contributed by atoms with van der Waals surface area (Å²) in [5, 5.41) is 7.84. The van der Waals surface area contributed by atoms with Gasteiger partial charge >= 0.3 is 0 Å². The summed E-state index contributed by atoms with van der Waals surface area (Å²) in [6, 6.07) is 2.05. The molecule has 2 fully saturated rings. The molecule has 2 aliphatic heterocycles. The molecule has 2 aromatic rings. The minimum atomic E-state index is 0. The number of nitrogens with one attached hydrogen (secondary N) is 1. The van der Waals surface area contributed by atoms with Crippen LogP contribution in [0.15, 0.2) is 30.9 Å². The number of amides is 1. The lowest BCUT2D eigenvalue weighted by Gasteiger charge is -2.35. The average molecular weight is 428 g/mol. The molecule has 154 valence electrons. The van der Waals surface area contributed by atoms with Gasteiger partial charge < -0.3 is 15.1 Å². The molecule has 0 aromatic carbocycles. The normalized spacial score (nSPS) is 19.5. The third-order valence-corrected chi connectivity index (χ3v) is 5.26. The molecule has 0 spiro atoms. The van der Waals surface area contributed by atoms with Crippen LogP contribution in [0, 0.1) is 0 Å². The van der Waals surface area contributed by atoms with Crippen LogP contribution in [0.3, 0.4) is 0 Å². The Morgan fingerprint density at radius 3 is 2.64 bits per heavy atom. The molecule has 4 rings (SSSR count). The van der Waals surface area contributed by atoms with Gasteiger partial charge in [0.15, 0.2) is 0 Å². The fraction of sp³-hybridized carbons (Fsp3) is 0.556. The highest BCUT2D eigenvalue weighted by Gasteiger charge is 2.24. The summed E-state index contributed by atoms with van der Waals surface area (Å²) in [5.74, 6) is 1.46. The number of anilines is 1. The molecule has 28 heavy (non-hydrogen) atoms. The van der Waals surface area contributed by atoms with Crippen LogP contribution in [-0.4, -0.2) is 69.8 Å². The minimum Gasteiger partial charge on any atom is -0.352 e. The molecule has 0 bridgehead atoms. The van der Waals surface area contributed by atoms with Crippen LogP contribution in [0.1, 0.15) is 24.5 Å². The van der Waals surface area contributed by atoms with E-state index < -0.39 is 0 Å². The van der Waals surface area contributed by atoms with Crippen molar-refractivity contribution in [2.75, 3.05) is 44.2 Å². The monoisotopic (exact) mass is 427 g/mol. The quantitative estimate of drug-likeness (QED) is 0.792. The molecular weight excluding hydrogens is 401 g/mol. The molecule has 10 heteroatoms. The summed E-state index contributed by atoms with van der Waals surface area (Å²) in [6.45, 7) is 5.35. The van der Waals surface area contributed by atoms with Crippen LogP contribution < -0.4 is 10.2 Å². The fourth-order valence-electron chi connectivity index (χ4n) is 3.79. The highest BCUT2D eigenvalue weighted by atomic mass is 35.5. The average Bonchev–Trinajstić information content (AvgIpc) is 3.17. The highest BCUT2D eigenvalue weighted by Crippen LogP contribution is 2.23. The van der Waals surface area contributed by atoms with Gasteiger partial charge in [-0.15, -0.1) is 24.8 Å². The van der Waals surface area contributed by atoms with Crippen LogP contribution in [0.25, 0.3) is 0 Å². The Kier molecular flexibility index (Phi) is 8.47. The summed E-state index contributed by atoms with van der Waals surface area (Å²) in [4.78, 5) is 25.3. The van der Waals surface area contributed by atoms with Gasteiger partial charge in [0.2, 0.25) is 5.91 Å². The number of rotatable bonds is 4. The summed E-state index contributed by atoms with van der Waals surface area (Å²) in [6.07, 6.45) is 9.28. The van der Waals surface area contributed by atoms with E-state index in [4.69, 9.17) is 0 Å². The zero-order chi connectivity index (χ0) is 17.8. The first-order valence-corrected chi connectivity index (χ1v) is 9.32. The molecule has 8 nitrogen and oxygen atoms in total. The van der Waals surface area contributed by atoms with E-state index in [-0.39, 0.29) is 30.7 Å². The Morgan fingerprint density at radius 1 is 1.14 bits per heavy atom. The van der Waals surface area contributed by atoms with E-state index >= 15 is 0 Å². The highest BCUT2D eigenvalue weighted by molar-refractivity contribution is 5.85. The van der Waals surface area contributed by atoms with Gasteiger partial charge in [-0.05, 0) is 25.5 Å². The van der Waals surface area contributed by atoms with E-state index in [2.05, 4.69) is 31.3 Å². The molecule has 4 heterocycles. The minimum absolute atomic E-state index is 0. The van der Waals surface area contributed by atoms with E-state index in [0.29, 0.717) is 25.6 Å². The summed E-state index contributed by atoms with van der Waals surface area (Å²) < 4.78 is 1.88. The molecule has 1 N–H and O–H groups in total. The van der Waals surface area contributed by atoms with Crippen molar-refractivity contribution in [2.45, 2.75) is 25.3 Å². The van der Waals surface area contributed by atoms with Crippen molar-refractivity contribution in [2.24, 2.45) is 0 Å². The second kappa shape index (κ2) is 10.6. The van der Waals surface area contributed by atoms with Gasteiger partial charge in [-0.25, -0.2) is 4.98 Å². The van der Waals surface area contributed by atoms with E-state index in [1.807, 2.05) is 15.8 Å². The molecule has 2 saturated heterocycles. The smallest absolute Gasteiger partial charge is 0.244 e. The Balaban J connectivity index is 0.00000140. The standard InChI is InChI=1S/C18H25N7O.2ClH/c26-18(14-25-16(3-5-22-25)15-2-1-4-19-12-15)24-10-8-23(9-11-24)17-13-20-6-7-21-17;;/h3,5-7,13,15,19H,1-2,4,8-12,14H2;2*1H. The van der Waals surface area contributed by atoms with E-state index in [1.54, 1.807) is 18.6 Å². The lowest BCUT2D eigenvalue weighted by Crippen LogP contribution is -2.50. The van der Waals surface area contributed by atoms with E-state index in [0.717, 1.165) is 38.4 Å². The molecular formula is C18H27Cl2N7O. The predicted octanol–water partition coefficient (Wildman–Crippen LogP) is 1.33. The van der Waals surface area contributed by atoms with Crippen molar-refractivity contribution < 1.29 is 4.79 Å². The second-order valence-electron chi connectivity index (χ2n) is 6.89. The third kappa shape index (κ3) is 5.12. The number of piperazine rings is 1. The van der Waals surface area contributed by atoms with Crippen molar-refractivity contribution in [3.63, 3.8) is 0 Å². The fourth-order valence-corrected chi connectivity index (χ4v) is 3.79. The van der Waals surface area contributed by atoms with Gasteiger partial charge in [-0.3, -0.25) is 14.5 Å². The van der Waals surface area contributed by atoms with Crippen LogP contribution in [0.4, 0.5) is 5.82 Å². The SMILES string of the molecule is Cl.Cl.O=C(Cn1nccc1C1CCCNC1)N1CCN(c2cnccn2)CC1. The lowest BCUT2D eigenvalue weighted by atomic mass is 9.96. The van der Waals surface area contributed by atoms with Crippen LogP contribution in [0.5, 0.6) is 0 Å². The Bertz CT molecular complexity index is 729. The van der Waals surface area contributed by atoms with Crippen LogP contribution in [0.2, 0.25) is 0 Å². The topological polar surface area (TPSA) is 79.2 Å². The van der Waals surface area contributed by atoms with Crippen molar-refractivity contribution in [3.05, 3.63) is 36.5 Å². The summed E-state index contributed by atoms with van der Waals surface area (Å²) in [5.41, 5.74) is 1.17. The molecule has 0 saturated carbocycles. The number of aromatic nitrogens is 4. The van der Waals surface area contributed by atoms with E-state index in [1.165, 1.54) is 12.1 Å². The Labute approximate surface area is 177 Å². The van der Waals surface area contributed by atoms with Crippen molar-refractivity contribution in [3.8, 4) is 0 Å². The van der Waals surface area contributed by atoms with Gasteiger partial charge in [0.1, 0.15) is 12.4 Å². The third-order valence-electron chi connectivity index (χ3n) is 5.26. The van der Waals surface area contributed by atoms with Crippen molar-refractivity contribution in [1.82, 2.24) is 30.0 Å². The van der Waals surface area contributed by atoms with Crippen molar-refractivity contribution >= 4 is 36.5 Å². The number of hydrogen-bond acceptors (Lipinski definition) is 6. The first-order chi connectivity index (χ1) is 12.8. The number of piperidine rings is 1. The van der Waals surface area contributed by atoms with Gasteiger partial charge in [0.25, 0.3) is 0 Å². The Hall–Kier alpha value is -1.90. The first-order valence-electron chi connectivity index (χ1n) is 9.32. The molecule has 1 atom stereocenters. The Morgan fingerprint density at radius 2 is 1.96 bits per heavy atom.